The van der Waals surface area contributed by atoms with E-state index in [0.717, 1.165) is 30.4 Å². The van der Waals surface area contributed by atoms with Crippen LogP contribution in [0.5, 0.6) is 0 Å². The van der Waals surface area contributed by atoms with E-state index in [9.17, 15) is 4.79 Å². The molecule has 1 saturated carbocycles. The molecule has 1 aromatic rings. The lowest BCUT2D eigenvalue weighted by Crippen LogP contribution is -2.41. The molecule has 0 amide bonds. The molecule has 17 heavy (non-hydrogen) atoms. The lowest BCUT2D eigenvalue weighted by molar-refractivity contribution is 0.0802. The average Bonchev–Trinajstić information content (AvgIpc) is 2.60. The van der Waals surface area contributed by atoms with Crippen LogP contribution in [-0.2, 0) is 0 Å². The number of hydrogen-bond donors (Lipinski definition) is 1. The Bertz CT molecular complexity index is 452. The van der Waals surface area contributed by atoms with E-state index in [2.05, 4.69) is 6.07 Å². The van der Waals surface area contributed by atoms with Gasteiger partial charge in [0.2, 0.25) is 0 Å². The van der Waals surface area contributed by atoms with Gasteiger partial charge in [-0.05, 0) is 32.3 Å². The first-order valence-electron chi connectivity index (χ1n) is 6.33. The fourth-order valence-corrected chi connectivity index (χ4v) is 2.85. The van der Waals surface area contributed by atoms with Gasteiger partial charge in [-0.3, -0.25) is 4.79 Å². The summed E-state index contributed by atoms with van der Waals surface area (Å²) in [6.07, 6.45) is 2.95. The Morgan fingerprint density at radius 3 is 2.65 bits per heavy atom. The second kappa shape index (κ2) is 4.26. The number of benzene rings is 1. The second-order valence-corrected chi connectivity index (χ2v) is 5.56. The van der Waals surface area contributed by atoms with E-state index in [-0.39, 0.29) is 17.2 Å². The van der Waals surface area contributed by atoms with Gasteiger partial charge in [0.1, 0.15) is 0 Å². The number of ketones is 1. The topological polar surface area (TPSA) is 43.1 Å². The van der Waals surface area contributed by atoms with E-state index in [1.807, 2.05) is 32.9 Å². The van der Waals surface area contributed by atoms with Crippen molar-refractivity contribution in [2.24, 2.45) is 11.1 Å². The molecule has 1 fully saturated rings. The molecule has 0 aromatic heterocycles. The van der Waals surface area contributed by atoms with Crippen molar-refractivity contribution in [2.45, 2.75) is 46.1 Å². The lowest BCUT2D eigenvalue weighted by atomic mass is 9.77. The third-order valence-corrected chi connectivity index (χ3v) is 4.17. The molecule has 0 bridgehead atoms. The molecule has 2 nitrogen and oxygen atoms in total. The number of rotatable bonds is 2. The van der Waals surface area contributed by atoms with E-state index < -0.39 is 0 Å². The maximum absolute atomic E-state index is 12.6. The van der Waals surface area contributed by atoms with Crippen LogP contribution in [0.3, 0.4) is 0 Å². The van der Waals surface area contributed by atoms with Crippen molar-refractivity contribution < 1.29 is 4.79 Å². The SMILES string of the molecule is Cc1ccc(C(=O)C2(C)CCCC2N)c(C)c1. The van der Waals surface area contributed by atoms with Crippen LogP contribution in [0.4, 0.5) is 0 Å². The van der Waals surface area contributed by atoms with Gasteiger partial charge in [0.25, 0.3) is 0 Å². The summed E-state index contributed by atoms with van der Waals surface area (Å²) < 4.78 is 0. The first-order chi connectivity index (χ1) is 7.95. The van der Waals surface area contributed by atoms with Crippen LogP contribution in [0, 0.1) is 19.3 Å². The van der Waals surface area contributed by atoms with Crippen molar-refractivity contribution in [3.05, 3.63) is 34.9 Å². The molecule has 2 heteroatoms. The number of carbonyl (C=O) groups is 1. The molecular weight excluding hydrogens is 210 g/mol. The van der Waals surface area contributed by atoms with Gasteiger partial charge in [-0.15, -0.1) is 0 Å². The van der Waals surface area contributed by atoms with Gasteiger partial charge in [-0.1, -0.05) is 37.1 Å². The molecule has 0 heterocycles. The molecule has 1 aromatic carbocycles. The maximum Gasteiger partial charge on any atom is 0.170 e. The van der Waals surface area contributed by atoms with E-state index in [4.69, 9.17) is 5.73 Å². The zero-order valence-corrected chi connectivity index (χ0v) is 10.9. The highest BCUT2D eigenvalue weighted by Gasteiger charge is 2.43. The minimum Gasteiger partial charge on any atom is -0.327 e. The summed E-state index contributed by atoms with van der Waals surface area (Å²) in [6.45, 7) is 6.07. The standard InChI is InChI=1S/C15H21NO/c1-10-6-7-12(11(2)9-10)14(17)15(3)8-4-5-13(15)16/h6-7,9,13H,4-5,8,16H2,1-3H3. The molecule has 2 atom stereocenters. The Morgan fingerprint density at radius 2 is 2.12 bits per heavy atom. The fraction of sp³-hybridized carbons (Fsp3) is 0.533. The molecule has 1 aliphatic rings. The van der Waals surface area contributed by atoms with E-state index in [1.54, 1.807) is 0 Å². The molecule has 0 radical (unpaired) electrons. The average molecular weight is 231 g/mol. The first kappa shape index (κ1) is 12.3. The van der Waals surface area contributed by atoms with Gasteiger partial charge >= 0.3 is 0 Å². The predicted molar refractivity (Wildman–Crippen MR) is 70.2 cm³/mol. The third-order valence-electron chi connectivity index (χ3n) is 4.17. The van der Waals surface area contributed by atoms with Gasteiger partial charge < -0.3 is 5.73 Å². The highest BCUT2D eigenvalue weighted by molar-refractivity contribution is 6.02. The Balaban J connectivity index is 2.37. The molecule has 2 rings (SSSR count). The monoisotopic (exact) mass is 231 g/mol. The van der Waals surface area contributed by atoms with Crippen molar-refractivity contribution in [1.29, 1.82) is 0 Å². The van der Waals surface area contributed by atoms with Gasteiger partial charge in [0.05, 0.1) is 0 Å². The minimum atomic E-state index is -0.361. The Kier molecular flexibility index (Phi) is 3.09. The number of carbonyl (C=O) groups excluding carboxylic acids is 1. The fourth-order valence-electron chi connectivity index (χ4n) is 2.85. The summed E-state index contributed by atoms with van der Waals surface area (Å²) >= 11 is 0. The summed E-state index contributed by atoms with van der Waals surface area (Å²) in [5, 5.41) is 0. The summed E-state index contributed by atoms with van der Waals surface area (Å²) in [5.74, 6) is 0.222. The largest absolute Gasteiger partial charge is 0.327 e. The highest BCUT2D eigenvalue weighted by Crippen LogP contribution is 2.40. The van der Waals surface area contributed by atoms with Gasteiger partial charge in [-0.2, -0.15) is 0 Å². The minimum absolute atomic E-state index is 0.00991. The summed E-state index contributed by atoms with van der Waals surface area (Å²) in [6, 6.07) is 6.03. The van der Waals surface area contributed by atoms with Crippen LogP contribution in [0.25, 0.3) is 0 Å². The van der Waals surface area contributed by atoms with Gasteiger partial charge in [-0.25, -0.2) is 0 Å². The van der Waals surface area contributed by atoms with Crippen molar-refractivity contribution in [3.63, 3.8) is 0 Å². The van der Waals surface area contributed by atoms with Crippen molar-refractivity contribution in [2.75, 3.05) is 0 Å². The van der Waals surface area contributed by atoms with E-state index in [0.29, 0.717) is 0 Å². The Hall–Kier alpha value is -1.15. The van der Waals surface area contributed by atoms with Crippen molar-refractivity contribution >= 4 is 5.78 Å². The molecule has 92 valence electrons. The third kappa shape index (κ3) is 2.02. The van der Waals surface area contributed by atoms with E-state index >= 15 is 0 Å². The summed E-state index contributed by atoms with van der Waals surface area (Å²) in [7, 11) is 0. The highest BCUT2D eigenvalue weighted by atomic mass is 16.1. The van der Waals surface area contributed by atoms with Crippen molar-refractivity contribution in [1.82, 2.24) is 0 Å². The molecule has 0 spiro atoms. The van der Waals surface area contributed by atoms with Crippen LogP contribution in [0.2, 0.25) is 0 Å². The van der Waals surface area contributed by atoms with Crippen molar-refractivity contribution in [3.8, 4) is 0 Å². The number of hydrogen-bond acceptors (Lipinski definition) is 2. The molecule has 0 saturated heterocycles. The summed E-state index contributed by atoms with van der Waals surface area (Å²) in [5.41, 5.74) is 8.85. The molecule has 2 unspecified atom stereocenters. The number of nitrogens with two attached hydrogens (primary N) is 1. The number of aryl methyl sites for hydroxylation is 2. The Morgan fingerprint density at radius 1 is 1.41 bits per heavy atom. The molecule has 1 aliphatic carbocycles. The van der Waals surface area contributed by atoms with Crippen LogP contribution < -0.4 is 5.73 Å². The number of Topliss-reactive ketones (excluding diaryl/α,β-unsaturated/α-hetero) is 1. The van der Waals surface area contributed by atoms with Gasteiger partial charge in [0.15, 0.2) is 5.78 Å². The van der Waals surface area contributed by atoms with E-state index in [1.165, 1.54) is 5.56 Å². The lowest BCUT2D eigenvalue weighted by Gasteiger charge is -2.28. The molecule has 2 N–H and O–H groups in total. The van der Waals surface area contributed by atoms with Crippen LogP contribution in [0.1, 0.15) is 47.7 Å². The smallest absolute Gasteiger partial charge is 0.170 e. The first-order valence-corrected chi connectivity index (χ1v) is 6.33. The molecular formula is C15H21NO. The summed E-state index contributed by atoms with van der Waals surface area (Å²) in [4.78, 5) is 12.6. The predicted octanol–water partition coefficient (Wildman–Crippen LogP) is 3.00. The Labute approximate surface area is 103 Å². The quantitative estimate of drug-likeness (QED) is 0.795. The van der Waals surface area contributed by atoms with Gasteiger partial charge in [0, 0.05) is 17.0 Å². The second-order valence-electron chi connectivity index (χ2n) is 5.56. The maximum atomic E-state index is 12.6. The zero-order chi connectivity index (χ0) is 12.6. The van der Waals surface area contributed by atoms with Crippen LogP contribution in [0.15, 0.2) is 18.2 Å². The zero-order valence-electron chi connectivity index (χ0n) is 10.9. The normalized spacial score (nSPS) is 28.4. The van der Waals surface area contributed by atoms with Crippen LogP contribution in [-0.4, -0.2) is 11.8 Å². The van der Waals surface area contributed by atoms with Crippen LogP contribution >= 0.6 is 0 Å². The molecule has 0 aliphatic heterocycles.